The molecule has 2 amide bonds. The first-order chi connectivity index (χ1) is 10.7. The molecule has 0 spiro atoms. The molecule has 1 aliphatic rings. The van der Waals surface area contributed by atoms with E-state index in [1.54, 1.807) is 29.2 Å². The average Bonchev–Trinajstić information content (AvgIpc) is 3.26. The van der Waals surface area contributed by atoms with Crippen LogP contribution in [0.3, 0.4) is 0 Å². The van der Waals surface area contributed by atoms with Crippen LogP contribution in [0.2, 0.25) is 0 Å². The number of carbonyl (C=O) groups excluding carboxylic acids is 2. The van der Waals surface area contributed by atoms with E-state index in [2.05, 4.69) is 5.32 Å². The standard InChI is InChI=1S/C16H16N2O4/c19-15(14-6-4-10-22-14)17-13(11-12-5-3-9-21-12)16(20)18-7-1-2-8-18/h3-6,9-11H,1-2,7-8H2,(H,17,19)/b13-11-. The summed E-state index contributed by atoms with van der Waals surface area (Å²) >= 11 is 0. The van der Waals surface area contributed by atoms with Gasteiger partial charge in [-0.3, -0.25) is 9.59 Å². The van der Waals surface area contributed by atoms with Crippen LogP contribution in [0.1, 0.15) is 29.2 Å². The van der Waals surface area contributed by atoms with Gasteiger partial charge in [-0.05, 0) is 37.1 Å². The second-order valence-electron chi connectivity index (χ2n) is 5.00. The molecule has 0 atom stereocenters. The van der Waals surface area contributed by atoms with Crippen molar-refractivity contribution >= 4 is 17.9 Å². The molecule has 3 heterocycles. The smallest absolute Gasteiger partial charge is 0.291 e. The Morgan fingerprint density at radius 1 is 1.09 bits per heavy atom. The third-order valence-corrected chi connectivity index (χ3v) is 3.45. The van der Waals surface area contributed by atoms with Crippen molar-refractivity contribution in [3.05, 3.63) is 54.0 Å². The number of nitrogens with zero attached hydrogens (tertiary/aromatic N) is 1. The second-order valence-corrected chi connectivity index (χ2v) is 5.00. The number of nitrogens with one attached hydrogen (secondary N) is 1. The van der Waals surface area contributed by atoms with Crippen molar-refractivity contribution in [2.75, 3.05) is 13.1 Å². The number of rotatable bonds is 4. The lowest BCUT2D eigenvalue weighted by Gasteiger charge is -2.17. The molecule has 6 heteroatoms. The van der Waals surface area contributed by atoms with Crippen LogP contribution in [0, 0.1) is 0 Å². The van der Waals surface area contributed by atoms with Gasteiger partial charge in [0.05, 0.1) is 12.5 Å². The van der Waals surface area contributed by atoms with Crippen LogP contribution < -0.4 is 5.32 Å². The fourth-order valence-corrected chi connectivity index (χ4v) is 2.35. The molecular weight excluding hydrogens is 284 g/mol. The highest BCUT2D eigenvalue weighted by molar-refractivity contribution is 6.04. The summed E-state index contributed by atoms with van der Waals surface area (Å²) in [4.78, 5) is 26.4. The Balaban J connectivity index is 1.82. The number of amides is 2. The molecule has 2 aromatic rings. The van der Waals surface area contributed by atoms with Crippen LogP contribution in [-0.4, -0.2) is 29.8 Å². The Morgan fingerprint density at radius 2 is 1.82 bits per heavy atom. The Kier molecular flexibility index (Phi) is 4.09. The van der Waals surface area contributed by atoms with Gasteiger partial charge in [0.25, 0.3) is 11.8 Å². The number of likely N-dealkylation sites (tertiary alicyclic amines) is 1. The molecule has 1 fully saturated rings. The molecule has 0 radical (unpaired) electrons. The molecule has 1 aliphatic heterocycles. The van der Waals surface area contributed by atoms with E-state index in [1.807, 2.05) is 0 Å². The first kappa shape index (κ1) is 14.2. The van der Waals surface area contributed by atoms with Gasteiger partial charge in [0, 0.05) is 19.2 Å². The van der Waals surface area contributed by atoms with Crippen molar-refractivity contribution in [3.63, 3.8) is 0 Å². The summed E-state index contributed by atoms with van der Waals surface area (Å²) in [7, 11) is 0. The lowest BCUT2D eigenvalue weighted by Crippen LogP contribution is -2.36. The van der Waals surface area contributed by atoms with Gasteiger partial charge in [-0.1, -0.05) is 0 Å². The SMILES string of the molecule is O=C(N/C(=C\c1ccco1)C(=O)N1CCCC1)c1ccco1. The van der Waals surface area contributed by atoms with Crippen molar-refractivity contribution in [1.29, 1.82) is 0 Å². The molecule has 6 nitrogen and oxygen atoms in total. The van der Waals surface area contributed by atoms with E-state index in [0.29, 0.717) is 18.8 Å². The van der Waals surface area contributed by atoms with E-state index < -0.39 is 5.91 Å². The normalized spacial score (nSPS) is 15.1. The van der Waals surface area contributed by atoms with E-state index in [0.717, 1.165) is 12.8 Å². The zero-order chi connectivity index (χ0) is 15.4. The fraction of sp³-hybridized carbons (Fsp3) is 0.250. The second kappa shape index (κ2) is 6.34. The van der Waals surface area contributed by atoms with Gasteiger partial charge in [-0.2, -0.15) is 0 Å². The lowest BCUT2D eigenvalue weighted by molar-refractivity contribution is -0.126. The minimum Gasteiger partial charge on any atom is -0.465 e. The Hall–Kier alpha value is -2.76. The zero-order valence-corrected chi connectivity index (χ0v) is 12.0. The molecular formula is C16H16N2O4. The predicted octanol–water partition coefficient (Wildman–Crippen LogP) is 2.27. The zero-order valence-electron chi connectivity index (χ0n) is 12.0. The van der Waals surface area contributed by atoms with Crippen LogP contribution in [0.25, 0.3) is 6.08 Å². The molecule has 22 heavy (non-hydrogen) atoms. The molecule has 114 valence electrons. The van der Waals surface area contributed by atoms with Crippen LogP contribution in [-0.2, 0) is 4.79 Å². The number of carbonyl (C=O) groups is 2. The van der Waals surface area contributed by atoms with Crippen LogP contribution in [0.5, 0.6) is 0 Å². The highest BCUT2D eigenvalue weighted by Gasteiger charge is 2.24. The summed E-state index contributed by atoms with van der Waals surface area (Å²) in [6, 6.07) is 6.60. The maximum absolute atomic E-state index is 12.5. The average molecular weight is 300 g/mol. The Bertz CT molecular complexity index is 665. The van der Waals surface area contributed by atoms with E-state index in [-0.39, 0.29) is 17.4 Å². The third-order valence-electron chi connectivity index (χ3n) is 3.45. The minimum absolute atomic E-state index is 0.152. The lowest BCUT2D eigenvalue weighted by atomic mass is 10.3. The Labute approximate surface area is 127 Å². The molecule has 0 bridgehead atoms. The quantitative estimate of drug-likeness (QED) is 0.879. The van der Waals surface area contributed by atoms with Crippen molar-refractivity contribution in [2.24, 2.45) is 0 Å². The van der Waals surface area contributed by atoms with Crippen molar-refractivity contribution < 1.29 is 18.4 Å². The first-order valence-corrected chi connectivity index (χ1v) is 7.13. The predicted molar refractivity (Wildman–Crippen MR) is 78.7 cm³/mol. The van der Waals surface area contributed by atoms with Crippen LogP contribution >= 0.6 is 0 Å². The highest BCUT2D eigenvalue weighted by atomic mass is 16.3. The molecule has 0 aliphatic carbocycles. The third kappa shape index (κ3) is 3.11. The summed E-state index contributed by atoms with van der Waals surface area (Å²) < 4.78 is 10.3. The van der Waals surface area contributed by atoms with Gasteiger partial charge >= 0.3 is 0 Å². The minimum atomic E-state index is -0.463. The maximum atomic E-state index is 12.5. The van der Waals surface area contributed by atoms with Gasteiger partial charge < -0.3 is 19.1 Å². The summed E-state index contributed by atoms with van der Waals surface area (Å²) in [5, 5.41) is 2.61. The van der Waals surface area contributed by atoms with Crippen molar-refractivity contribution in [2.45, 2.75) is 12.8 Å². The molecule has 0 saturated carbocycles. The van der Waals surface area contributed by atoms with Gasteiger partial charge in [0.1, 0.15) is 11.5 Å². The fourth-order valence-electron chi connectivity index (χ4n) is 2.35. The number of hydrogen-bond donors (Lipinski definition) is 1. The van der Waals surface area contributed by atoms with Crippen molar-refractivity contribution in [1.82, 2.24) is 10.2 Å². The van der Waals surface area contributed by atoms with Gasteiger partial charge in [-0.15, -0.1) is 0 Å². The van der Waals surface area contributed by atoms with Crippen molar-refractivity contribution in [3.8, 4) is 0 Å². The molecule has 2 aromatic heterocycles. The number of hydrogen-bond acceptors (Lipinski definition) is 4. The van der Waals surface area contributed by atoms with Crippen LogP contribution in [0.4, 0.5) is 0 Å². The van der Waals surface area contributed by atoms with Gasteiger partial charge in [0.2, 0.25) is 0 Å². The highest BCUT2D eigenvalue weighted by Crippen LogP contribution is 2.14. The Morgan fingerprint density at radius 3 is 2.45 bits per heavy atom. The summed E-state index contributed by atoms with van der Waals surface area (Å²) in [6.45, 7) is 1.40. The monoisotopic (exact) mass is 300 g/mol. The number of furan rings is 2. The molecule has 3 rings (SSSR count). The first-order valence-electron chi connectivity index (χ1n) is 7.13. The topological polar surface area (TPSA) is 75.7 Å². The molecule has 0 unspecified atom stereocenters. The summed E-state index contributed by atoms with van der Waals surface area (Å²) in [6.07, 6.45) is 6.41. The van der Waals surface area contributed by atoms with E-state index in [9.17, 15) is 9.59 Å². The van der Waals surface area contributed by atoms with Gasteiger partial charge in [-0.25, -0.2) is 0 Å². The van der Waals surface area contributed by atoms with Crippen LogP contribution in [0.15, 0.2) is 51.3 Å². The van der Waals surface area contributed by atoms with E-state index in [1.165, 1.54) is 18.6 Å². The molecule has 1 saturated heterocycles. The maximum Gasteiger partial charge on any atom is 0.291 e. The van der Waals surface area contributed by atoms with E-state index >= 15 is 0 Å². The largest absolute Gasteiger partial charge is 0.465 e. The van der Waals surface area contributed by atoms with Gasteiger partial charge in [0.15, 0.2) is 5.76 Å². The van der Waals surface area contributed by atoms with E-state index in [4.69, 9.17) is 8.83 Å². The molecule has 0 aromatic carbocycles. The molecule has 1 N–H and O–H groups in total. The summed E-state index contributed by atoms with van der Waals surface area (Å²) in [5.74, 6) is -0.0222. The summed E-state index contributed by atoms with van der Waals surface area (Å²) in [5.41, 5.74) is 0.179.